The van der Waals surface area contributed by atoms with E-state index in [0.717, 1.165) is 5.76 Å². The molecule has 0 aromatic carbocycles. The van der Waals surface area contributed by atoms with Gasteiger partial charge < -0.3 is 10.1 Å². The predicted molar refractivity (Wildman–Crippen MR) is 64.2 cm³/mol. The lowest BCUT2D eigenvalue weighted by Crippen LogP contribution is -2.29. The lowest BCUT2D eigenvalue weighted by Gasteiger charge is -2.33. The van der Waals surface area contributed by atoms with Crippen LogP contribution in [0, 0.1) is 16.7 Å². The third-order valence-corrected chi connectivity index (χ3v) is 2.83. The SMILES string of the molecule is COC1=CC(C)(/C=C/Cl)C(C(C)=N)C=C1. The second kappa shape index (κ2) is 4.67. The van der Waals surface area contributed by atoms with Crippen molar-refractivity contribution in [3.63, 3.8) is 0 Å². The van der Waals surface area contributed by atoms with Gasteiger partial charge in [-0.3, -0.25) is 0 Å². The van der Waals surface area contributed by atoms with E-state index in [1.54, 1.807) is 14.0 Å². The summed E-state index contributed by atoms with van der Waals surface area (Å²) in [5.74, 6) is 0.858. The van der Waals surface area contributed by atoms with Crippen LogP contribution in [0.5, 0.6) is 0 Å². The lowest BCUT2D eigenvalue weighted by atomic mass is 9.72. The molecule has 2 nitrogen and oxygen atoms in total. The van der Waals surface area contributed by atoms with E-state index < -0.39 is 0 Å². The zero-order valence-corrected chi connectivity index (χ0v) is 10.0. The average molecular weight is 226 g/mol. The largest absolute Gasteiger partial charge is 0.497 e. The van der Waals surface area contributed by atoms with Crippen molar-refractivity contribution in [2.24, 2.45) is 11.3 Å². The number of hydrogen-bond acceptors (Lipinski definition) is 2. The average Bonchev–Trinajstić information content (AvgIpc) is 2.16. The van der Waals surface area contributed by atoms with E-state index in [1.807, 2.05) is 31.2 Å². The fourth-order valence-electron chi connectivity index (χ4n) is 1.87. The molecule has 1 aliphatic rings. The minimum absolute atomic E-state index is 0.0476. The van der Waals surface area contributed by atoms with Crippen molar-refractivity contribution in [1.29, 1.82) is 5.41 Å². The Hall–Kier alpha value is -1.02. The first-order valence-electron chi connectivity index (χ1n) is 4.81. The minimum Gasteiger partial charge on any atom is -0.497 e. The first-order valence-corrected chi connectivity index (χ1v) is 5.25. The second-order valence-corrected chi connectivity index (χ2v) is 4.18. The predicted octanol–water partition coefficient (Wildman–Crippen LogP) is 3.50. The Kier molecular flexibility index (Phi) is 3.75. The van der Waals surface area contributed by atoms with Crippen molar-refractivity contribution in [3.8, 4) is 0 Å². The van der Waals surface area contributed by atoms with Crippen molar-refractivity contribution in [2.75, 3.05) is 7.11 Å². The molecule has 82 valence electrons. The fourth-order valence-corrected chi connectivity index (χ4v) is 2.14. The fraction of sp³-hybridized carbons (Fsp3) is 0.417. The third kappa shape index (κ3) is 2.51. The van der Waals surface area contributed by atoms with Crippen LogP contribution in [0.25, 0.3) is 0 Å². The van der Waals surface area contributed by atoms with E-state index in [2.05, 4.69) is 0 Å². The van der Waals surface area contributed by atoms with Gasteiger partial charge in [-0.05, 0) is 19.1 Å². The van der Waals surface area contributed by atoms with Crippen LogP contribution in [-0.4, -0.2) is 12.8 Å². The summed E-state index contributed by atoms with van der Waals surface area (Å²) >= 11 is 5.64. The normalized spacial score (nSPS) is 30.4. The monoisotopic (exact) mass is 225 g/mol. The van der Waals surface area contributed by atoms with E-state index in [-0.39, 0.29) is 11.3 Å². The summed E-state index contributed by atoms with van der Waals surface area (Å²) in [6.45, 7) is 3.85. The van der Waals surface area contributed by atoms with Crippen LogP contribution in [0.2, 0.25) is 0 Å². The summed E-state index contributed by atoms with van der Waals surface area (Å²) in [5, 5.41) is 7.75. The van der Waals surface area contributed by atoms with Crippen LogP contribution in [0.15, 0.2) is 35.6 Å². The molecular weight excluding hydrogens is 210 g/mol. The second-order valence-electron chi connectivity index (χ2n) is 3.93. The Morgan fingerprint density at radius 3 is 2.80 bits per heavy atom. The highest BCUT2D eigenvalue weighted by Gasteiger charge is 2.32. The smallest absolute Gasteiger partial charge is 0.115 e. The van der Waals surface area contributed by atoms with Crippen molar-refractivity contribution < 1.29 is 4.74 Å². The maximum absolute atomic E-state index is 7.75. The van der Waals surface area contributed by atoms with Gasteiger partial charge in [0.15, 0.2) is 0 Å². The van der Waals surface area contributed by atoms with E-state index in [0.29, 0.717) is 5.71 Å². The van der Waals surface area contributed by atoms with Gasteiger partial charge in [0.1, 0.15) is 5.76 Å². The molecule has 0 radical (unpaired) electrons. The van der Waals surface area contributed by atoms with Gasteiger partial charge in [0.05, 0.1) is 7.11 Å². The van der Waals surface area contributed by atoms with Gasteiger partial charge in [-0.25, -0.2) is 0 Å². The van der Waals surface area contributed by atoms with Gasteiger partial charge in [-0.1, -0.05) is 30.7 Å². The Morgan fingerprint density at radius 1 is 1.67 bits per heavy atom. The van der Waals surface area contributed by atoms with Gasteiger partial charge in [0, 0.05) is 22.6 Å². The summed E-state index contributed by atoms with van der Waals surface area (Å²) in [5.41, 5.74) is 1.85. The molecule has 1 N–H and O–H groups in total. The molecule has 0 heterocycles. The Balaban J connectivity index is 3.10. The summed E-state index contributed by atoms with van der Waals surface area (Å²) in [6.07, 6.45) is 7.76. The molecule has 0 spiro atoms. The van der Waals surface area contributed by atoms with Gasteiger partial charge >= 0.3 is 0 Å². The molecule has 1 aliphatic carbocycles. The number of allylic oxidation sites excluding steroid dienone is 4. The quantitative estimate of drug-likeness (QED) is 0.733. The highest BCUT2D eigenvalue weighted by molar-refractivity contribution is 6.25. The molecule has 2 unspecified atom stereocenters. The molecule has 0 aromatic heterocycles. The molecule has 0 aromatic rings. The van der Waals surface area contributed by atoms with Gasteiger partial charge in [0.2, 0.25) is 0 Å². The van der Waals surface area contributed by atoms with E-state index >= 15 is 0 Å². The molecule has 0 aliphatic heterocycles. The van der Waals surface area contributed by atoms with E-state index in [9.17, 15) is 0 Å². The highest BCUT2D eigenvalue weighted by atomic mass is 35.5. The first-order chi connectivity index (χ1) is 7.03. The van der Waals surface area contributed by atoms with Crippen LogP contribution in [-0.2, 0) is 4.74 Å². The highest BCUT2D eigenvalue weighted by Crippen LogP contribution is 2.37. The van der Waals surface area contributed by atoms with Crippen molar-refractivity contribution in [3.05, 3.63) is 35.6 Å². The molecule has 2 atom stereocenters. The van der Waals surface area contributed by atoms with Gasteiger partial charge in [-0.2, -0.15) is 0 Å². The molecule has 0 fully saturated rings. The molecular formula is C12H16ClNO. The van der Waals surface area contributed by atoms with Crippen LogP contribution < -0.4 is 0 Å². The Bertz CT molecular complexity index is 344. The van der Waals surface area contributed by atoms with E-state index in [1.165, 1.54) is 5.54 Å². The van der Waals surface area contributed by atoms with Crippen LogP contribution in [0.1, 0.15) is 13.8 Å². The van der Waals surface area contributed by atoms with Crippen molar-refractivity contribution >= 4 is 17.3 Å². The van der Waals surface area contributed by atoms with Crippen molar-refractivity contribution in [1.82, 2.24) is 0 Å². The number of methoxy groups -OCH3 is 1. The molecule has 1 rings (SSSR count). The van der Waals surface area contributed by atoms with E-state index in [4.69, 9.17) is 21.7 Å². The Morgan fingerprint density at radius 2 is 2.33 bits per heavy atom. The maximum Gasteiger partial charge on any atom is 0.115 e. The van der Waals surface area contributed by atoms with Gasteiger partial charge in [-0.15, -0.1) is 0 Å². The molecule has 3 heteroatoms. The number of ether oxygens (including phenoxy) is 1. The van der Waals surface area contributed by atoms with Crippen LogP contribution in [0.3, 0.4) is 0 Å². The maximum atomic E-state index is 7.75. The summed E-state index contributed by atoms with van der Waals surface area (Å²) in [6, 6.07) is 0. The standard InChI is InChI=1S/C12H16ClNO/c1-9(14)11-5-4-10(15-3)8-12(11,2)6-7-13/h4-8,11,14H,1-3H3/b7-6+,14-9?. The number of halogens is 1. The summed E-state index contributed by atoms with van der Waals surface area (Å²) in [4.78, 5) is 0. The molecule has 0 saturated heterocycles. The zero-order chi connectivity index (χ0) is 11.5. The minimum atomic E-state index is -0.270. The number of rotatable bonds is 3. The summed E-state index contributed by atoms with van der Waals surface area (Å²) in [7, 11) is 1.64. The molecule has 15 heavy (non-hydrogen) atoms. The van der Waals surface area contributed by atoms with Crippen molar-refractivity contribution in [2.45, 2.75) is 13.8 Å². The molecule has 0 amide bonds. The lowest BCUT2D eigenvalue weighted by molar-refractivity contribution is 0.290. The summed E-state index contributed by atoms with van der Waals surface area (Å²) < 4.78 is 5.19. The molecule has 0 saturated carbocycles. The van der Waals surface area contributed by atoms with Gasteiger partial charge in [0.25, 0.3) is 0 Å². The molecule has 0 bridgehead atoms. The zero-order valence-electron chi connectivity index (χ0n) is 9.25. The Labute approximate surface area is 95.8 Å². The van der Waals surface area contributed by atoms with Crippen LogP contribution >= 0.6 is 11.6 Å². The number of nitrogens with one attached hydrogen (secondary N) is 1. The topological polar surface area (TPSA) is 33.1 Å². The first kappa shape index (κ1) is 12.1. The van der Waals surface area contributed by atoms with Crippen LogP contribution in [0.4, 0.5) is 0 Å². The third-order valence-electron chi connectivity index (χ3n) is 2.70. The number of hydrogen-bond donors (Lipinski definition) is 1.